The van der Waals surface area contributed by atoms with E-state index in [0.29, 0.717) is 6.42 Å². The third kappa shape index (κ3) is 2.33. The molecule has 0 bridgehead atoms. The topological polar surface area (TPSA) is 72.3 Å². The predicted octanol–water partition coefficient (Wildman–Crippen LogP) is 2.46. The number of nitrogen functional groups attached to an aromatic ring is 2. The van der Waals surface area contributed by atoms with E-state index in [9.17, 15) is 5.11 Å². The second-order valence-electron chi connectivity index (χ2n) is 4.19. The van der Waals surface area contributed by atoms with Gasteiger partial charge < -0.3 is 16.6 Å². The van der Waals surface area contributed by atoms with Gasteiger partial charge in [-0.25, -0.2) is 0 Å². The van der Waals surface area contributed by atoms with Gasteiger partial charge in [0.1, 0.15) is 5.75 Å². The van der Waals surface area contributed by atoms with Crippen LogP contribution in [0.1, 0.15) is 16.7 Å². The second-order valence-corrected chi connectivity index (χ2v) is 4.19. The van der Waals surface area contributed by atoms with Crippen LogP contribution in [-0.2, 0) is 6.42 Å². The zero-order chi connectivity index (χ0) is 12.4. The molecule has 0 saturated carbocycles. The zero-order valence-corrected chi connectivity index (χ0v) is 9.77. The third-order valence-corrected chi connectivity index (χ3v) is 2.97. The first kappa shape index (κ1) is 11.3. The maximum absolute atomic E-state index is 9.43. The largest absolute Gasteiger partial charge is 0.508 e. The molecule has 0 aromatic heterocycles. The standard InChI is InChI=1S/C14H16N2O/c1-9-12(14(16)6-5-13(9)15)8-10-3-2-4-11(17)7-10/h2-7,17H,8,15-16H2,1H3. The lowest BCUT2D eigenvalue weighted by atomic mass is 9.97. The van der Waals surface area contributed by atoms with Gasteiger partial charge in [-0.05, 0) is 54.3 Å². The third-order valence-electron chi connectivity index (χ3n) is 2.97. The fourth-order valence-electron chi connectivity index (χ4n) is 1.90. The Morgan fingerprint density at radius 3 is 2.47 bits per heavy atom. The van der Waals surface area contributed by atoms with E-state index >= 15 is 0 Å². The molecule has 0 saturated heterocycles. The molecular weight excluding hydrogens is 212 g/mol. The molecule has 2 aromatic carbocycles. The van der Waals surface area contributed by atoms with Gasteiger partial charge in [0, 0.05) is 11.4 Å². The van der Waals surface area contributed by atoms with E-state index in [1.807, 2.05) is 31.2 Å². The van der Waals surface area contributed by atoms with Crippen LogP contribution in [0.3, 0.4) is 0 Å². The Hall–Kier alpha value is -2.16. The summed E-state index contributed by atoms with van der Waals surface area (Å²) in [6.07, 6.45) is 0.678. The van der Waals surface area contributed by atoms with Crippen LogP contribution in [0.5, 0.6) is 5.75 Å². The molecule has 0 fully saturated rings. The van der Waals surface area contributed by atoms with E-state index in [1.165, 1.54) is 0 Å². The average molecular weight is 228 g/mol. The number of rotatable bonds is 2. The molecule has 0 amide bonds. The second kappa shape index (κ2) is 4.37. The van der Waals surface area contributed by atoms with E-state index < -0.39 is 0 Å². The molecule has 3 nitrogen and oxygen atoms in total. The smallest absolute Gasteiger partial charge is 0.115 e. The first-order chi connectivity index (χ1) is 8.08. The molecule has 0 aliphatic heterocycles. The van der Waals surface area contributed by atoms with Gasteiger partial charge in [-0.2, -0.15) is 0 Å². The number of phenolic OH excluding ortho intramolecular Hbond substituents is 1. The number of nitrogens with two attached hydrogens (primary N) is 2. The highest BCUT2D eigenvalue weighted by atomic mass is 16.3. The molecule has 17 heavy (non-hydrogen) atoms. The van der Waals surface area contributed by atoms with E-state index in [1.54, 1.807) is 12.1 Å². The summed E-state index contributed by atoms with van der Waals surface area (Å²) in [7, 11) is 0. The Labute approximate surface area is 101 Å². The van der Waals surface area contributed by atoms with Crippen LogP contribution in [0.25, 0.3) is 0 Å². The Kier molecular flexibility index (Phi) is 2.91. The van der Waals surface area contributed by atoms with E-state index in [4.69, 9.17) is 11.5 Å². The first-order valence-corrected chi connectivity index (χ1v) is 5.49. The lowest BCUT2D eigenvalue weighted by molar-refractivity contribution is 0.474. The van der Waals surface area contributed by atoms with Crippen LogP contribution in [0.2, 0.25) is 0 Å². The van der Waals surface area contributed by atoms with Gasteiger partial charge in [-0.15, -0.1) is 0 Å². The molecule has 5 N–H and O–H groups in total. The molecule has 0 unspecified atom stereocenters. The number of anilines is 2. The molecule has 0 aliphatic rings. The molecule has 0 atom stereocenters. The molecular formula is C14H16N2O. The van der Waals surface area contributed by atoms with Crippen molar-refractivity contribution in [3.05, 3.63) is 53.1 Å². The summed E-state index contributed by atoms with van der Waals surface area (Å²) in [5.74, 6) is 0.266. The summed E-state index contributed by atoms with van der Waals surface area (Å²) in [6, 6.07) is 10.8. The zero-order valence-electron chi connectivity index (χ0n) is 9.77. The summed E-state index contributed by atoms with van der Waals surface area (Å²) in [6.45, 7) is 1.96. The van der Waals surface area contributed by atoms with Gasteiger partial charge in [0.15, 0.2) is 0 Å². The molecule has 88 valence electrons. The Bertz CT molecular complexity index is 550. The Morgan fingerprint density at radius 2 is 1.76 bits per heavy atom. The SMILES string of the molecule is Cc1c(N)ccc(N)c1Cc1cccc(O)c1. The molecule has 0 radical (unpaired) electrons. The number of aromatic hydroxyl groups is 1. The Morgan fingerprint density at radius 1 is 1.06 bits per heavy atom. The van der Waals surface area contributed by atoms with E-state index in [2.05, 4.69) is 0 Å². The number of phenols is 1. The molecule has 2 rings (SSSR count). The van der Waals surface area contributed by atoms with Crippen LogP contribution in [0.4, 0.5) is 11.4 Å². The summed E-state index contributed by atoms with van der Waals surface area (Å²) in [4.78, 5) is 0. The van der Waals surface area contributed by atoms with Crippen molar-refractivity contribution >= 4 is 11.4 Å². The van der Waals surface area contributed by atoms with Crippen molar-refractivity contribution < 1.29 is 5.11 Å². The average Bonchev–Trinajstić information content (AvgIpc) is 2.30. The van der Waals surface area contributed by atoms with Gasteiger partial charge in [0.25, 0.3) is 0 Å². The van der Waals surface area contributed by atoms with Gasteiger partial charge >= 0.3 is 0 Å². The number of hydrogen-bond donors (Lipinski definition) is 3. The van der Waals surface area contributed by atoms with Crippen molar-refractivity contribution in [1.29, 1.82) is 0 Å². The minimum atomic E-state index is 0.266. The first-order valence-electron chi connectivity index (χ1n) is 5.49. The fraction of sp³-hybridized carbons (Fsp3) is 0.143. The maximum Gasteiger partial charge on any atom is 0.115 e. The van der Waals surface area contributed by atoms with E-state index in [0.717, 1.165) is 28.1 Å². The highest BCUT2D eigenvalue weighted by Crippen LogP contribution is 2.25. The van der Waals surface area contributed by atoms with Crippen LogP contribution in [0.15, 0.2) is 36.4 Å². The number of benzene rings is 2. The van der Waals surface area contributed by atoms with Crippen molar-refractivity contribution in [3.8, 4) is 5.75 Å². The quantitative estimate of drug-likeness (QED) is 0.691. The van der Waals surface area contributed by atoms with Crippen LogP contribution in [0, 0.1) is 6.92 Å². The molecule has 0 aliphatic carbocycles. The van der Waals surface area contributed by atoms with Gasteiger partial charge in [0.2, 0.25) is 0 Å². The molecule has 2 aromatic rings. The molecule has 0 spiro atoms. The summed E-state index contributed by atoms with van der Waals surface area (Å²) in [5, 5.41) is 9.43. The summed E-state index contributed by atoms with van der Waals surface area (Å²) < 4.78 is 0. The monoisotopic (exact) mass is 228 g/mol. The normalized spacial score (nSPS) is 10.4. The summed E-state index contributed by atoms with van der Waals surface area (Å²) in [5.41, 5.74) is 16.4. The van der Waals surface area contributed by atoms with E-state index in [-0.39, 0.29) is 5.75 Å². The van der Waals surface area contributed by atoms with Crippen LogP contribution in [-0.4, -0.2) is 5.11 Å². The molecule has 0 heterocycles. The van der Waals surface area contributed by atoms with Gasteiger partial charge in [-0.3, -0.25) is 0 Å². The van der Waals surface area contributed by atoms with Crippen LogP contribution >= 0.6 is 0 Å². The minimum Gasteiger partial charge on any atom is -0.508 e. The summed E-state index contributed by atoms with van der Waals surface area (Å²) >= 11 is 0. The lowest BCUT2D eigenvalue weighted by Crippen LogP contribution is -2.02. The van der Waals surface area contributed by atoms with Gasteiger partial charge in [-0.1, -0.05) is 12.1 Å². The minimum absolute atomic E-state index is 0.266. The van der Waals surface area contributed by atoms with Crippen molar-refractivity contribution in [1.82, 2.24) is 0 Å². The lowest BCUT2D eigenvalue weighted by Gasteiger charge is -2.12. The van der Waals surface area contributed by atoms with Crippen molar-refractivity contribution in [3.63, 3.8) is 0 Å². The van der Waals surface area contributed by atoms with Crippen molar-refractivity contribution in [2.75, 3.05) is 11.5 Å². The highest BCUT2D eigenvalue weighted by molar-refractivity contribution is 5.62. The Balaban J connectivity index is 2.39. The fourth-order valence-corrected chi connectivity index (χ4v) is 1.90. The van der Waals surface area contributed by atoms with Crippen LogP contribution < -0.4 is 11.5 Å². The van der Waals surface area contributed by atoms with Crippen molar-refractivity contribution in [2.45, 2.75) is 13.3 Å². The number of hydrogen-bond acceptors (Lipinski definition) is 3. The predicted molar refractivity (Wildman–Crippen MR) is 70.9 cm³/mol. The van der Waals surface area contributed by atoms with Crippen molar-refractivity contribution in [2.24, 2.45) is 0 Å². The maximum atomic E-state index is 9.43. The molecule has 3 heteroatoms. The van der Waals surface area contributed by atoms with Gasteiger partial charge in [0.05, 0.1) is 0 Å². The highest BCUT2D eigenvalue weighted by Gasteiger charge is 2.07.